The van der Waals surface area contributed by atoms with E-state index >= 15 is 0 Å². The molecule has 0 aromatic rings. The van der Waals surface area contributed by atoms with Gasteiger partial charge in [-0.1, -0.05) is 11.8 Å². The number of amides is 1. The van der Waals surface area contributed by atoms with Gasteiger partial charge in [-0.25, -0.2) is 0 Å². The zero-order valence-electron chi connectivity index (χ0n) is 10.8. The molecular weight excluding hydrogens is 264 g/mol. The van der Waals surface area contributed by atoms with Gasteiger partial charge < -0.3 is 5.32 Å². The van der Waals surface area contributed by atoms with E-state index in [4.69, 9.17) is 0 Å². The van der Waals surface area contributed by atoms with Crippen LogP contribution in [0, 0.1) is 5.92 Å². The van der Waals surface area contributed by atoms with Crippen molar-refractivity contribution in [1.29, 1.82) is 0 Å². The Bertz CT molecular complexity index is 406. The van der Waals surface area contributed by atoms with Crippen molar-refractivity contribution in [2.45, 2.75) is 44.3 Å². The molecule has 0 bridgehead atoms. The van der Waals surface area contributed by atoms with Crippen LogP contribution in [0.5, 0.6) is 0 Å². The van der Waals surface area contributed by atoms with E-state index in [1.54, 1.807) is 0 Å². The minimum atomic E-state index is -0.630. The number of carbonyl (C=O) groups excluding carboxylic acids is 3. The summed E-state index contributed by atoms with van der Waals surface area (Å²) in [6.07, 6.45) is 4.65. The zero-order valence-corrected chi connectivity index (χ0v) is 11.6. The van der Waals surface area contributed by atoms with Crippen molar-refractivity contribution >= 4 is 28.6 Å². The lowest BCUT2D eigenvalue weighted by atomic mass is 10.0. The normalized spacial score (nSPS) is 32.6. The summed E-state index contributed by atoms with van der Waals surface area (Å²) >= 11 is 1.10. The van der Waals surface area contributed by atoms with E-state index in [9.17, 15) is 14.4 Å². The van der Waals surface area contributed by atoms with Crippen LogP contribution in [-0.4, -0.2) is 46.2 Å². The Balaban J connectivity index is 1.70. The lowest BCUT2D eigenvalue weighted by molar-refractivity contribution is -0.133. The van der Waals surface area contributed by atoms with Crippen molar-refractivity contribution in [3.05, 3.63) is 0 Å². The molecule has 3 rings (SSSR count). The monoisotopic (exact) mass is 282 g/mol. The van der Waals surface area contributed by atoms with E-state index in [1.807, 2.05) is 4.90 Å². The molecule has 5 nitrogen and oxygen atoms in total. The van der Waals surface area contributed by atoms with E-state index in [1.165, 1.54) is 0 Å². The maximum atomic E-state index is 11.9. The molecule has 0 aromatic heterocycles. The largest absolute Gasteiger partial charge is 0.340 e. The average Bonchev–Trinajstić information content (AvgIpc) is 3.18. The van der Waals surface area contributed by atoms with Gasteiger partial charge in [0, 0.05) is 12.5 Å². The highest BCUT2D eigenvalue weighted by molar-refractivity contribution is 8.15. The van der Waals surface area contributed by atoms with Crippen LogP contribution in [0.1, 0.15) is 32.1 Å². The van der Waals surface area contributed by atoms with E-state index in [-0.39, 0.29) is 34.6 Å². The lowest BCUT2D eigenvalue weighted by Gasteiger charge is -2.38. The molecule has 0 aromatic carbocycles. The Labute approximate surface area is 116 Å². The molecule has 1 amide bonds. The molecule has 19 heavy (non-hydrogen) atoms. The average molecular weight is 282 g/mol. The fourth-order valence-electron chi connectivity index (χ4n) is 2.80. The summed E-state index contributed by atoms with van der Waals surface area (Å²) in [7, 11) is 0. The van der Waals surface area contributed by atoms with Crippen LogP contribution in [0.25, 0.3) is 0 Å². The second-order valence-corrected chi connectivity index (χ2v) is 6.49. The maximum Gasteiger partial charge on any atom is 0.224 e. The molecule has 1 saturated carbocycles. The Morgan fingerprint density at radius 3 is 2.63 bits per heavy atom. The number of nitrogens with zero attached hydrogens (tertiary/aromatic N) is 1. The topological polar surface area (TPSA) is 66.5 Å². The molecule has 104 valence electrons. The Morgan fingerprint density at radius 2 is 2.00 bits per heavy atom. The quantitative estimate of drug-likeness (QED) is 0.765. The van der Waals surface area contributed by atoms with Crippen LogP contribution >= 0.6 is 11.8 Å². The molecule has 6 heteroatoms. The third-order valence-corrected chi connectivity index (χ3v) is 4.95. The highest BCUT2D eigenvalue weighted by Crippen LogP contribution is 2.31. The minimum absolute atomic E-state index is 0.0115. The predicted molar refractivity (Wildman–Crippen MR) is 71.5 cm³/mol. The number of thioether (sulfide) groups is 1. The van der Waals surface area contributed by atoms with Crippen LogP contribution in [-0.2, 0) is 14.4 Å². The van der Waals surface area contributed by atoms with Crippen molar-refractivity contribution in [3.63, 3.8) is 0 Å². The van der Waals surface area contributed by atoms with Gasteiger partial charge in [0.2, 0.25) is 11.0 Å². The van der Waals surface area contributed by atoms with Gasteiger partial charge in [-0.15, -0.1) is 0 Å². The smallest absolute Gasteiger partial charge is 0.224 e. The van der Waals surface area contributed by atoms with Gasteiger partial charge in [0.05, 0.1) is 11.9 Å². The number of piperidine rings is 1. The Hall–Kier alpha value is -0.880. The van der Waals surface area contributed by atoms with Gasteiger partial charge in [0.1, 0.15) is 6.04 Å². The number of nitrogens with one attached hydrogen (secondary N) is 1. The van der Waals surface area contributed by atoms with Crippen molar-refractivity contribution in [2.75, 3.05) is 12.3 Å². The van der Waals surface area contributed by atoms with Crippen LogP contribution in [0.15, 0.2) is 0 Å². The fraction of sp³-hybridized carbons (Fsp3) is 0.769. The summed E-state index contributed by atoms with van der Waals surface area (Å²) < 4.78 is 0. The van der Waals surface area contributed by atoms with Gasteiger partial charge >= 0.3 is 0 Å². The minimum Gasteiger partial charge on any atom is -0.340 e. The summed E-state index contributed by atoms with van der Waals surface area (Å²) in [6.45, 7) is 0.721. The summed E-state index contributed by atoms with van der Waals surface area (Å²) in [4.78, 5) is 37.5. The standard InChI is InChI=1S/C13H18N2O3S/c16-9-7-19-13(18)11(9)15-6-2-1-3-10(15)14-12(17)8-4-5-8/h8,10-11H,1-7H2,(H,14,17). The van der Waals surface area contributed by atoms with Crippen molar-refractivity contribution in [3.8, 4) is 0 Å². The second kappa shape index (κ2) is 5.25. The van der Waals surface area contributed by atoms with E-state index in [2.05, 4.69) is 5.32 Å². The maximum absolute atomic E-state index is 11.9. The third-order valence-electron chi connectivity index (χ3n) is 4.02. The molecule has 3 fully saturated rings. The first-order valence-electron chi connectivity index (χ1n) is 6.92. The number of Topliss-reactive ketones (excluding diaryl/α,β-unsaturated/α-hetero) is 1. The van der Waals surface area contributed by atoms with Crippen LogP contribution in [0.3, 0.4) is 0 Å². The molecule has 1 aliphatic carbocycles. The van der Waals surface area contributed by atoms with E-state index in [0.29, 0.717) is 0 Å². The molecule has 3 aliphatic rings. The van der Waals surface area contributed by atoms with Gasteiger partial charge in [-0.3, -0.25) is 19.3 Å². The summed E-state index contributed by atoms with van der Waals surface area (Å²) in [5.74, 6) is 0.515. The number of ketones is 1. The number of rotatable bonds is 3. The molecule has 2 aliphatic heterocycles. The Kier molecular flexibility index (Phi) is 3.62. The van der Waals surface area contributed by atoms with Gasteiger partial charge in [-0.2, -0.15) is 0 Å². The molecule has 1 N–H and O–H groups in total. The lowest BCUT2D eigenvalue weighted by Crippen LogP contribution is -2.57. The van der Waals surface area contributed by atoms with E-state index < -0.39 is 6.04 Å². The SMILES string of the molecule is O=C(NC1CCCCN1C1C(=O)CSC1=O)C1CC1. The summed E-state index contributed by atoms with van der Waals surface area (Å²) in [5, 5.41) is 2.96. The second-order valence-electron chi connectivity index (χ2n) is 5.51. The third kappa shape index (κ3) is 2.69. The molecule has 0 radical (unpaired) electrons. The Morgan fingerprint density at radius 1 is 1.21 bits per heavy atom. The molecule has 0 spiro atoms. The van der Waals surface area contributed by atoms with Crippen LogP contribution in [0.2, 0.25) is 0 Å². The molecule has 2 saturated heterocycles. The van der Waals surface area contributed by atoms with Crippen LogP contribution < -0.4 is 5.32 Å². The highest BCUT2D eigenvalue weighted by atomic mass is 32.2. The number of carbonyl (C=O) groups is 3. The first-order chi connectivity index (χ1) is 9.16. The van der Waals surface area contributed by atoms with Crippen molar-refractivity contribution in [2.24, 2.45) is 5.92 Å². The fourth-order valence-corrected chi connectivity index (χ4v) is 3.66. The molecule has 2 heterocycles. The first kappa shape index (κ1) is 13.1. The summed E-state index contributed by atoms with van der Waals surface area (Å²) in [5.41, 5.74) is 0. The first-order valence-corrected chi connectivity index (χ1v) is 7.91. The van der Waals surface area contributed by atoms with Gasteiger partial charge in [-0.05, 0) is 32.1 Å². The number of hydrogen-bond donors (Lipinski definition) is 1. The van der Waals surface area contributed by atoms with Gasteiger partial charge in [0.15, 0.2) is 5.78 Å². The number of hydrogen-bond acceptors (Lipinski definition) is 5. The molecule has 2 atom stereocenters. The van der Waals surface area contributed by atoms with E-state index in [0.717, 1.165) is 50.4 Å². The molecule has 2 unspecified atom stereocenters. The van der Waals surface area contributed by atoms with Crippen LogP contribution in [0.4, 0.5) is 0 Å². The van der Waals surface area contributed by atoms with Gasteiger partial charge in [0.25, 0.3) is 0 Å². The zero-order chi connectivity index (χ0) is 13.4. The van der Waals surface area contributed by atoms with Crippen molar-refractivity contribution in [1.82, 2.24) is 10.2 Å². The molecular formula is C13H18N2O3S. The van der Waals surface area contributed by atoms with Crippen molar-refractivity contribution < 1.29 is 14.4 Å². The number of likely N-dealkylation sites (tertiary alicyclic amines) is 1. The predicted octanol–water partition coefficient (Wildman–Crippen LogP) is 0.536. The highest BCUT2D eigenvalue weighted by Gasteiger charge is 2.43. The summed E-state index contributed by atoms with van der Waals surface area (Å²) in [6, 6.07) is -0.630.